The Morgan fingerprint density at radius 1 is 1.14 bits per heavy atom. The third-order valence-corrected chi connectivity index (χ3v) is 4.43. The van der Waals surface area contributed by atoms with Crippen LogP contribution in [-0.2, 0) is 31.1 Å². The largest absolute Gasteiger partial charge is 0.433 e. The van der Waals surface area contributed by atoms with Gasteiger partial charge in [0.2, 0.25) is 5.91 Å². The highest BCUT2D eigenvalue weighted by molar-refractivity contribution is 6.30. The van der Waals surface area contributed by atoms with E-state index < -0.39 is 41.2 Å². The molecule has 0 saturated heterocycles. The number of carbonyl (C=O) groups excluding carboxylic acids is 1. The topological polar surface area (TPSA) is 86.0 Å². The van der Waals surface area contributed by atoms with Gasteiger partial charge in [-0.1, -0.05) is 23.7 Å². The molecular weight excluding hydrogens is 413 g/mol. The predicted octanol–water partition coefficient (Wildman–Crippen LogP) is 2.08. The highest BCUT2D eigenvalue weighted by atomic mass is 35.5. The highest BCUT2D eigenvalue weighted by Crippen LogP contribution is 2.28. The van der Waals surface area contributed by atoms with E-state index in [1.165, 1.54) is 7.05 Å². The van der Waals surface area contributed by atoms with Gasteiger partial charge >= 0.3 is 11.9 Å². The monoisotopic (exact) mass is 426 g/mol. The minimum Gasteiger partial charge on any atom is -0.350 e. The number of aryl methyl sites for hydroxylation is 1. The molecule has 3 aromatic rings. The van der Waals surface area contributed by atoms with Gasteiger partial charge in [0, 0.05) is 18.6 Å². The van der Waals surface area contributed by atoms with Gasteiger partial charge in [0.25, 0.3) is 5.56 Å². The van der Waals surface area contributed by atoms with E-state index in [0.717, 1.165) is 16.2 Å². The second-order valence-corrected chi connectivity index (χ2v) is 6.64. The van der Waals surface area contributed by atoms with Crippen LogP contribution in [0, 0.1) is 0 Å². The van der Waals surface area contributed by atoms with Crippen molar-refractivity contribution in [3.8, 4) is 0 Å². The summed E-state index contributed by atoms with van der Waals surface area (Å²) in [6.45, 7) is -0.439. The Balaban J connectivity index is 1.89. The highest BCUT2D eigenvalue weighted by Gasteiger charge is 2.33. The maximum absolute atomic E-state index is 12.9. The number of aromatic nitrogens is 3. The minimum absolute atomic E-state index is 0.148. The fourth-order valence-electron chi connectivity index (χ4n) is 2.67. The van der Waals surface area contributed by atoms with Crippen molar-refractivity contribution in [2.75, 3.05) is 0 Å². The lowest BCUT2D eigenvalue weighted by Crippen LogP contribution is -2.43. The van der Waals surface area contributed by atoms with Crippen molar-refractivity contribution in [2.24, 2.45) is 7.05 Å². The van der Waals surface area contributed by atoms with Crippen LogP contribution < -0.4 is 16.6 Å². The molecule has 0 aliphatic carbocycles. The number of nitrogens with zero attached hydrogens (tertiary/aromatic N) is 3. The molecule has 0 saturated carbocycles. The lowest BCUT2D eigenvalue weighted by Gasteiger charge is -2.12. The molecule has 0 bridgehead atoms. The van der Waals surface area contributed by atoms with Crippen molar-refractivity contribution in [1.82, 2.24) is 19.4 Å². The van der Waals surface area contributed by atoms with Gasteiger partial charge in [0.05, 0.1) is 5.39 Å². The first-order chi connectivity index (χ1) is 13.6. The number of carbonyl (C=O) groups is 1. The van der Waals surface area contributed by atoms with Gasteiger partial charge in [0.15, 0.2) is 0 Å². The maximum atomic E-state index is 12.9. The van der Waals surface area contributed by atoms with Crippen LogP contribution in [0.15, 0.2) is 46.0 Å². The van der Waals surface area contributed by atoms with Gasteiger partial charge in [-0.2, -0.15) is 13.2 Å². The molecule has 1 aromatic carbocycles. The molecule has 2 aromatic heterocycles. The molecule has 0 atom stereocenters. The van der Waals surface area contributed by atoms with E-state index >= 15 is 0 Å². The summed E-state index contributed by atoms with van der Waals surface area (Å²) in [5.41, 5.74) is -2.72. The molecule has 0 aliphatic rings. The number of hydrogen-bond acceptors (Lipinski definition) is 4. The normalized spacial score (nSPS) is 11.6. The van der Waals surface area contributed by atoms with Crippen molar-refractivity contribution in [3.63, 3.8) is 0 Å². The van der Waals surface area contributed by atoms with E-state index in [1.54, 1.807) is 24.3 Å². The summed E-state index contributed by atoms with van der Waals surface area (Å²) in [5.74, 6) is -0.613. The molecule has 0 unspecified atom stereocenters. The number of halogens is 4. The van der Waals surface area contributed by atoms with Gasteiger partial charge in [-0.25, -0.2) is 9.78 Å². The first kappa shape index (κ1) is 20.6. The summed E-state index contributed by atoms with van der Waals surface area (Å²) in [7, 11) is 1.18. The van der Waals surface area contributed by atoms with E-state index in [1.807, 2.05) is 0 Å². The molecule has 0 spiro atoms. The average Bonchev–Trinajstić information content (AvgIpc) is 2.68. The van der Waals surface area contributed by atoms with Crippen LogP contribution in [0.1, 0.15) is 11.3 Å². The molecule has 0 aliphatic heterocycles. The lowest BCUT2D eigenvalue weighted by atomic mass is 10.2. The van der Waals surface area contributed by atoms with Gasteiger partial charge < -0.3 is 5.32 Å². The quantitative estimate of drug-likeness (QED) is 0.692. The van der Waals surface area contributed by atoms with Crippen molar-refractivity contribution in [3.05, 3.63) is 73.5 Å². The molecule has 11 heteroatoms. The van der Waals surface area contributed by atoms with E-state index in [2.05, 4.69) is 10.3 Å². The molecule has 7 nitrogen and oxygen atoms in total. The second-order valence-electron chi connectivity index (χ2n) is 6.20. The van der Waals surface area contributed by atoms with Crippen LogP contribution in [0.5, 0.6) is 0 Å². The van der Waals surface area contributed by atoms with Crippen LogP contribution in [0.2, 0.25) is 5.02 Å². The number of alkyl halides is 3. The summed E-state index contributed by atoms with van der Waals surface area (Å²) in [4.78, 5) is 40.5. The first-order valence-electron chi connectivity index (χ1n) is 8.27. The number of benzene rings is 1. The first-order valence-corrected chi connectivity index (χ1v) is 8.64. The summed E-state index contributed by atoms with van der Waals surface area (Å²) in [6, 6.07) is 8.29. The molecule has 29 heavy (non-hydrogen) atoms. The number of pyridine rings is 1. The van der Waals surface area contributed by atoms with Crippen molar-refractivity contribution in [1.29, 1.82) is 0 Å². The van der Waals surface area contributed by atoms with Gasteiger partial charge in [-0.15, -0.1) is 0 Å². The Bertz CT molecular complexity index is 1200. The summed E-state index contributed by atoms with van der Waals surface area (Å²) in [6.07, 6.45) is -4.72. The van der Waals surface area contributed by atoms with E-state index in [4.69, 9.17) is 11.6 Å². The van der Waals surface area contributed by atoms with Crippen LogP contribution >= 0.6 is 11.6 Å². The molecule has 0 fully saturated rings. The third-order valence-electron chi connectivity index (χ3n) is 4.18. The molecule has 3 rings (SSSR count). The van der Waals surface area contributed by atoms with Gasteiger partial charge in [0.1, 0.15) is 17.9 Å². The predicted molar refractivity (Wildman–Crippen MR) is 99.5 cm³/mol. The minimum atomic E-state index is -4.72. The van der Waals surface area contributed by atoms with Crippen molar-refractivity contribution in [2.45, 2.75) is 19.3 Å². The smallest absolute Gasteiger partial charge is 0.350 e. The van der Waals surface area contributed by atoms with Crippen molar-refractivity contribution >= 4 is 28.5 Å². The Morgan fingerprint density at radius 2 is 1.79 bits per heavy atom. The number of fused-ring (bicyclic) bond motifs is 1. The SMILES string of the molecule is Cn1c(=O)n(CC(=O)NCc2ccc(Cl)cc2)c(=O)c2ccc(C(F)(F)F)nc21. The number of nitrogens with one attached hydrogen (secondary N) is 1. The zero-order valence-electron chi connectivity index (χ0n) is 15.0. The van der Waals surface area contributed by atoms with E-state index in [9.17, 15) is 27.6 Å². The molecule has 1 N–H and O–H groups in total. The summed E-state index contributed by atoms with van der Waals surface area (Å²) >= 11 is 5.78. The molecular formula is C18H14ClF3N4O3. The molecule has 0 radical (unpaired) electrons. The maximum Gasteiger partial charge on any atom is 0.433 e. The fraction of sp³-hybridized carbons (Fsp3) is 0.222. The number of hydrogen-bond donors (Lipinski definition) is 1. The second kappa shape index (κ2) is 7.70. The molecule has 2 heterocycles. The van der Waals surface area contributed by atoms with Crippen LogP contribution in [0.3, 0.4) is 0 Å². The van der Waals surface area contributed by atoms with Crippen LogP contribution in [0.4, 0.5) is 13.2 Å². The van der Waals surface area contributed by atoms with Crippen molar-refractivity contribution < 1.29 is 18.0 Å². The number of rotatable bonds is 4. The molecule has 1 amide bonds. The van der Waals surface area contributed by atoms with Gasteiger partial charge in [-0.05, 0) is 29.8 Å². The molecule has 152 valence electrons. The third kappa shape index (κ3) is 4.32. The standard InChI is InChI=1S/C18H14ClF3N4O3/c1-25-15-12(6-7-13(24-15)18(20,21)22)16(28)26(17(25)29)9-14(27)23-8-10-2-4-11(19)5-3-10/h2-7H,8-9H2,1H3,(H,23,27). The summed E-state index contributed by atoms with van der Waals surface area (Å²) in [5, 5.41) is 2.90. The fourth-order valence-corrected chi connectivity index (χ4v) is 2.80. The Kier molecular flexibility index (Phi) is 5.47. The number of amides is 1. The van der Waals surface area contributed by atoms with E-state index in [-0.39, 0.29) is 11.9 Å². The Hall–Kier alpha value is -3.14. The van der Waals surface area contributed by atoms with Crippen LogP contribution in [-0.4, -0.2) is 20.0 Å². The van der Waals surface area contributed by atoms with Crippen LogP contribution in [0.25, 0.3) is 11.0 Å². The zero-order chi connectivity index (χ0) is 21.3. The Labute approximate surface area is 166 Å². The Morgan fingerprint density at radius 3 is 2.41 bits per heavy atom. The van der Waals surface area contributed by atoms with E-state index in [0.29, 0.717) is 15.7 Å². The lowest BCUT2D eigenvalue weighted by molar-refractivity contribution is -0.141. The van der Waals surface area contributed by atoms with Gasteiger partial charge in [-0.3, -0.25) is 18.7 Å². The zero-order valence-corrected chi connectivity index (χ0v) is 15.7. The average molecular weight is 427 g/mol. The summed E-state index contributed by atoms with van der Waals surface area (Å²) < 4.78 is 40.0.